The van der Waals surface area contributed by atoms with E-state index < -0.39 is 10.0 Å². The predicted octanol–water partition coefficient (Wildman–Crippen LogP) is -0.0417. The monoisotopic (exact) mass is 416 g/mol. The van der Waals surface area contributed by atoms with Crippen molar-refractivity contribution in [3.63, 3.8) is 0 Å². The summed E-state index contributed by atoms with van der Waals surface area (Å²) in [5.41, 5.74) is 0.421. The third-order valence-corrected chi connectivity index (χ3v) is 6.62. The highest BCUT2D eigenvalue weighted by Crippen LogP contribution is 2.17. The number of carbonyl (C=O) groups is 2. The van der Waals surface area contributed by atoms with Gasteiger partial charge < -0.3 is 16.0 Å². The summed E-state index contributed by atoms with van der Waals surface area (Å²) in [4.78, 5) is 23.7. The number of halogens is 1. The van der Waals surface area contributed by atoms with E-state index in [1.54, 1.807) is 0 Å². The van der Waals surface area contributed by atoms with Crippen LogP contribution in [0.2, 0.25) is 0 Å². The Hall–Kier alpha value is -1.68. The zero-order valence-electron chi connectivity index (χ0n) is 14.9. The average Bonchev–Trinajstić information content (AvgIpc) is 3.15. The SMILES string of the molecule is Cl.O=C1CN(S(=O)(=O)c2ccc(C(=O)NCCC3CCNC3)cc2)CCN1. The third kappa shape index (κ3) is 5.41. The van der Waals surface area contributed by atoms with E-state index >= 15 is 0 Å². The molecule has 1 unspecified atom stereocenters. The average molecular weight is 417 g/mol. The van der Waals surface area contributed by atoms with E-state index in [0.717, 1.165) is 30.2 Å². The van der Waals surface area contributed by atoms with Crippen LogP contribution in [-0.2, 0) is 14.8 Å². The van der Waals surface area contributed by atoms with E-state index in [1.807, 2.05) is 0 Å². The van der Waals surface area contributed by atoms with Gasteiger partial charge in [0.15, 0.2) is 0 Å². The number of benzene rings is 1. The summed E-state index contributed by atoms with van der Waals surface area (Å²) in [7, 11) is -3.73. The summed E-state index contributed by atoms with van der Waals surface area (Å²) in [5.74, 6) is 0.0788. The second-order valence-corrected chi connectivity index (χ2v) is 8.55. The fourth-order valence-corrected chi connectivity index (χ4v) is 4.60. The molecule has 27 heavy (non-hydrogen) atoms. The molecule has 2 heterocycles. The molecule has 3 N–H and O–H groups in total. The molecule has 0 aliphatic carbocycles. The first-order valence-electron chi connectivity index (χ1n) is 8.82. The van der Waals surface area contributed by atoms with Crippen LogP contribution in [0, 0.1) is 5.92 Å². The van der Waals surface area contributed by atoms with Crippen LogP contribution in [0.15, 0.2) is 29.2 Å². The fraction of sp³-hybridized carbons (Fsp3) is 0.529. The number of hydrogen-bond acceptors (Lipinski definition) is 5. The zero-order valence-corrected chi connectivity index (χ0v) is 16.6. The van der Waals surface area contributed by atoms with Crippen LogP contribution in [-0.4, -0.2) is 63.8 Å². The van der Waals surface area contributed by atoms with Gasteiger partial charge in [-0.15, -0.1) is 12.4 Å². The highest BCUT2D eigenvalue weighted by molar-refractivity contribution is 7.89. The Balaban J connectivity index is 0.00000261. The molecule has 1 aromatic rings. The highest BCUT2D eigenvalue weighted by Gasteiger charge is 2.29. The molecular formula is C17H25ClN4O4S. The molecule has 2 aliphatic rings. The van der Waals surface area contributed by atoms with Gasteiger partial charge in [-0.1, -0.05) is 0 Å². The summed E-state index contributed by atoms with van der Waals surface area (Å²) in [6.07, 6.45) is 2.07. The normalized spacial score (nSPS) is 20.6. The number of nitrogens with one attached hydrogen (secondary N) is 3. The molecule has 2 saturated heterocycles. The quantitative estimate of drug-likeness (QED) is 0.603. The Morgan fingerprint density at radius 3 is 2.59 bits per heavy atom. The highest BCUT2D eigenvalue weighted by atomic mass is 35.5. The zero-order chi connectivity index (χ0) is 18.6. The summed E-state index contributed by atoms with van der Waals surface area (Å²) >= 11 is 0. The predicted molar refractivity (Wildman–Crippen MR) is 103 cm³/mol. The van der Waals surface area contributed by atoms with Crippen molar-refractivity contribution >= 4 is 34.2 Å². The minimum absolute atomic E-state index is 0. The fourth-order valence-electron chi connectivity index (χ4n) is 3.20. The number of amides is 2. The Morgan fingerprint density at radius 1 is 1.22 bits per heavy atom. The van der Waals surface area contributed by atoms with E-state index in [-0.39, 0.29) is 42.2 Å². The van der Waals surface area contributed by atoms with E-state index in [2.05, 4.69) is 16.0 Å². The van der Waals surface area contributed by atoms with Crippen molar-refractivity contribution < 1.29 is 18.0 Å². The molecule has 2 aliphatic heterocycles. The second-order valence-electron chi connectivity index (χ2n) is 6.62. The number of piperazine rings is 1. The lowest BCUT2D eigenvalue weighted by Crippen LogP contribution is -2.49. The first-order valence-corrected chi connectivity index (χ1v) is 10.3. The molecule has 1 aromatic carbocycles. The summed E-state index contributed by atoms with van der Waals surface area (Å²) in [6, 6.07) is 5.84. The molecule has 1 atom stereocenters. The standard InChI is InChI=1S/C17H24N4O4S.ClH/c22-16-12-21(10-9-19-16)26(24,25)15-3-1-14(2-4-15)17(23)20-8-6-13-5-7-18-11-13;/h1-4,13,18H,5-12H2,(H,19,22)(H,20,23);1H. The maximum atomic E-state index is 12.6. The molecule has 150 valence electrons. The van der Waals surface area contributed by atoms with Crippen LogP contribution >= 0.6 is 12.4 Å². The molecule has 8 nitrogen and oxygen atoms in total. The van der Waals surface area contributed by atoms with Crippen LogP contribution in [0.25, 0.3) is 0 Å². The third-order valence-electron chi connectivity index (χ3n) is 4.76. The topological polar surface area (TPSA) is 108 Å². The molecule has 0 bridgehead atoms. The molecule has 0 saturated carbocycles. The number of nitrogens with zero attached hydrogens (tertiary/aromatic N) is 1. The summed E-state index contributed by atoms with van der Waals surface area (Å²) in [5, 5.41) is 8.76. The lowest BCUT2D eigenvalue weighted by atomic mass is 10.1. The minimum Gasteiger partial charge on any atom is -0.354 e. The van der Waals surface area contributed by atoms with Crippen molar-refractivity contribution in [2.24, 2.45) is 5.92 Å². The van der Waals surface area contributed by atoms with Crippen molar-refractivity contribution in [2.75, 3.05) is 39.3 Å². The second kappa shape index (κ2) is 9.50. The Morgan fingerprint density at radius 2 is 1.96 bits per heavy atom. The van der Waals surface area contributed by atoms with E-state index in [1.165, 1.54) is 24.3 Å². The minimum atomic E-state index is -3.73. The molecule has 2 fully saturated rings. The number of rotatable bonds is 6. The van der Waals surface area contributed by atoms with Crippen molar-refractivity contribution in [3.05, 3.63) is 29.8 Å². The summed E-state index contributed by atoms with van der Waals surface area (Å²) < 4.78 is 26.3. The van der Waals surface area contributed by atoms with E-state index in [0.29, 0.717) is 24.6 Å². The Kier molecular flexibility index (Phi) is 7.60. The van der Waals surface area contributed by atoms with E-state index in [9.17, 15) is 18.0 Å². The number of hydrogen-bond donors (Lipinski definition) is 3. The molecular weight excluding hydrogens is 392 g/mol. The van der Waals surface area contributed by atoms with Gasteiger partial charge in [-0.3, -0.25) is 9.59 Å². The van der Waals surface area contributed by atoms with Gasteiger partial charge in [0.05, 0.1) is 11.4 Å². The van der Waals surface area contributed by atoms with Crippen LogP contribution in [0.4, 0.5) is 0 Å². The van der Waals surface area contributed by atoms with Gasteiger partial charge in [0, 0.05) is 25.2 Å². The lowest BCUT2D eigenvalue weighted by molar-refractivity contribution is -0.122. The molecule has 2 amide bonds. The van der Waals surface area contributed by atoms with Crippen molar-refractivity contribution in [1.82, 2.24) is 20.3 Å². The van der Waals surface area contributed by atoms with Crippen LogP contribution < -0.4 is 16.0 Å². The Bertz CT molecular complexity index is 764. The molecule has 10 heteroatoms. The van der Waals surface area contributed by atoms with Gasteiger partial charge in [0.2, 0.25) is 15.9 Å². The van der Waals surface area contributed by atoms with Crippen molar-refractivity contribution in [1.29, 1.82) is 0 Å². The van der Waals surface area contributed by atoms with Crippen LogP contribution in [0.5, 0.6) is 0 Å². The van der Waals surface area contributed by atoms with Crippen molar-refractivity contribution in [3.8, 4) is 0 Å². The van der Waals surface area contributed by atoms with Gasteiger partial charge >= 0.3 is 0 Å². The van der Waals surface area contributed by atoms with Gasteiger partial charge in [0.1, 0.15) is 0 Å². The van der Waals surface area contributed by atoms with Gasteiger partial charge in [0.25, 0.3) is 5.91 Å². The van der Waals surface area contributed by atoms with Gasteiger partial charge in [-0.25, -0.2) is 8.42 Å². The smallest absolute Gasteiger partial charge is 0.251 e. The largest absolute Gasteiger partial charge is 0.354 e. The van der Waals surface area contributed by atoms with Crippen LogP contribution in [0.1, 0.15) is 23.2 Å². The first-order chi connectivity index (χ1) is 12.5. The molecule has 0 spiro atoms. The van der Waals surface area contributed by atoms with Crippen molar-refractivity contribution in [2.45, 2.75) is 17.7 Å². The lowest BCUT2D eigenvalue weighted by Gasteiger charge is -2.25. The summed E-state index contributed by atoms with van der Waals surface area (Å²) in [6.45, 7) is 3.00. The molecule has 3 rings (SSSR count). The maximum Gasteiger partial charge on any atom is 0.251 e. The maximum absolute atomic E-state index is 12.6. The van der Waals surface area contributed by atoms with Crippen LogP contribution in [0.3, 0.4) is 0 Å². The van der Waals surface area contributed by atoms with Gasteiger partial charge in [-0.2, -0.15) is 4.31 Å². The number of sulfonamides is 1. The Labute approximate surface area is 165 Å². The van der Waals surface area contributed by atoms with Gasteiger partial charge in [-0.05, 0) is 56.1 Å². The molecule has 0 radical (unpaired) electrons. The number of carbonyl (C=O) groups excluding carboxylic acids is 2. The first kappa shape index (κ1) is 21.6. The molecule has 0 aromatic heterocycles. The van der Waals surface area contributed by atoms with E-state index in [4.69, 9.17) is 0 Å².